The Hall–Kier alpha value is -2.66. The summed E-state index contributed by atoms with van der Waals surface area (Å²) in [7, 11) is -3.92. The van der Waals surface area contributed by atoms with Crippen LogP contribution in [-0.4, -0.2) is 30.8 Å². The number of sulfonamides is 1. The number of oxazole rings is 1. The van der Waals surface area contributed by atoms with Crippen molar-refractivity contribution in [2.75, 3.05) is 11.3 Å². The Morgan fingerprint density at radius 3 is 2.96 bits per heavy atom. The fraction of sp³-hybridized carbons (Fsp3) is 0.214. The van der Waals surface area contributed by atoms with E-state index in [9.17, 15) is 18.0 Å². The molecular weight excluding hydrogens is 368 g/mol. The van der Waals surface area contributed by atoms with Gasteiger partial charge in [-0.15, -0.1) is 0 Å². The maximum absolute atomic E-state index is 12.5. The van der Waals surface area contributed by atoms with Gasteiger partial charge in [0.2, 0.25) is 0 Å². The highest BCUT2D eigenvalue weighted by Crippen LogP contribution is 2.28. The first-order valence-corrected chi connectivity index (χ1v) is 9.66. The summed E-state index contributed by atoms with van der Waals surface area (Å²) in [6.07, 6.45) is 1.35. The largest absolute Gasteiger partial charge is 0.417 e. The molecule has 25 heavy (non-hydrogen) atoms. The van der Waals surface area contributed by atoms with Crippen LogP contribution in [0.25, 0.3) is 11.1 Å². The van der Waals surface area contributed by atoms with E-state index in [4.69, 9.17) is 4.42 Å². The van der Waals surface area contributed by atoms with Gasteiger partial charge in [-0.25, -0.2) is 18.2 Å². The number of hydrogen-bond donors (Lipinski definition) is 3. The number of carbonyl (C=O) groups excluding carboxylic acids is 1. The molecule has 1 aliphatic heterocycles. The number of amides is 1. The normalized spacial score (nSPS) is 14.8. The second kappa shape index (κ2) is 5.70. The van der Waals surface area contributed by atoms with Crippen molar-refractivity contribution >= 4 is 43.5 Å². The predicted molar refractivity (Wildman–Crippen MR) is 90.4 cm³/mol. The zero-order valence-corrected chi connectivity index (χ0v) is 14.3. The topological polar surface area (TPSA) is 134 Å². The lowest BCUT2D eigenvalue weighted by Crippen LogP contribution is -2.21. The molecule has 11 heteroatoms. The van der Waals surface area contributed by atoms with Crippen LogP contribution < -0.4 is 15.8 Å². The minimum atomic E-state index is -3.92. The second-order valence-electron chi connectivity index (χ2n) is 5.43. The summed E-state index contributed by atoms with van der Waals surface area (Å²) >= 11 is 0.996. The van der Waals surface area contributed by atoms with Gasteiger partial charge < -0.3 is 9.73 Å². The Kier molecular flexibility index (Phi) is 3.62. The number of aromatic nitrogens is 2. The zero-order valence-electron chi connectivity index (χ0n) is 12.7. The van der Waals surface area contributed by atoms with Gasteiger partial charge in [-0.3, -0.25) is 14.5 Å². The van der Waals surface area contributed by atoms with E-state index in [0.717, 1.165) is 17.8 Å². The van der Waals surface area contributed by atoms with E-state index < -0.39 is 15.8 Å². The Bertz CT molecular complexity index is 1140. The van der Waals surface area contributed by atoms with Gasteiger partial charge in [0.05, 0.1) is 16.1 Å². The van der Waals surface area contributed by atoms with E-state index in [1.165, 1.54) is 18.2 Å². The number of fused-ring (bicyclic) bond motifs is 2. The van der Waals surface area contributed by atoms with Crippen molar-refractivity contribution in [3.63, 3.8) is 0 Å². The van der Waals surface area contributed by atoms with Gasteiger partial charge in [0.25, 0.3) is 15.9 Å². The van der Waals surface area contributed by atoms with Crippen LogP contribution in [0.3, 0.4) is 0 Å². The van der Waals surface area contributed by atoms with Crippen LogP contribution in [0.4, 0.5) is 5.13 Å². The highest BCUT2D eigenvalue weighted by Gasteiger charge is 2.23. The number of aryl methyl sites for hydroxylation is 1. The highest BCUT2D eigenvalue weighted by molar-refractivity contribution is 7.93. The molecule has 0 saturated carbocycles. The summed E-state index contributed by atoms with van der Waals surface area (Å²) in [5, 5.41) is 2.87. The van der Waals surface area contributed by atoms with Crippen LogP contribution >= 0.6 is 11.3 Å². The number of H-pyrrole nitrogens is 1. The lowest BCUT2D eigenvalue weighted by atomic mass is 10.2. The Balaban J connectivity index is 1.67. The number of thiazole rings is 1. The first kappa shape index (κ1) is 15.8. The maximum Gasteiger partial charge on any atom is 0.417 e. The average Bonchev–Trinajstić information content (AvgIpc) is 3.07. The van der Waals surface area contributed by atoms with Gasteiger partial charge in [-0.05, 0) is 31.0 Å². The molecule has 1 aromatic carbocycles. The third kappa shape index (κ3) is 2.91. The summed E-state index contributed by atoms with van der Waals surface area (Å²) in [5.74, 6) is -0.903. The molecular formula is C14H12N4O5S2. The average molecular weight is 380 g/mol. The number of rotatable bonds is 3. The summed E-state index contributed by atoms with van der Waals surface area (Å²) in [4.78, 5) is 30.1. The standard InChI is InChI=1S/C14H12N4O5S2/c19-12-11-8(2-1-5-15-12)16-13(24-11)18-25(21,22)7-3-4-10-9(6-7)17-14(20)23-10/h3-4,6H,1-2,5H2,(H,15,19)(H,16,18)(H,17,20). The monoisotopic (exact) mass is 380 g/mol. The van der Waals surface area contributed by atoms with Crippen molar-refractivity contribution < 1.29 is 17.6 Å². The predicted octanol–water partition coefficient (Wildman–Crippen LogP) is 1.05. The lowest BCUT2D eigenvalue weighted by Gasteiger charge is -2.05. The van der Waals surface area contributed by atoms with Crippen molar-refractivity contribution in [1.82, 2.24) is 15.3 Å². The summed E-state index contributed by atoms with van der Waals surface area (Å²) in [6.45, 7) is 0.575. The molecule has 0 radical (unpaired) electrons. The molecule has 0 bridgehead atoms. The Morgan fingerprint density at radius 2 is 2.12 bits per heavy atom. The molecule has 1 amide bonds. The minimum Gasteiger partial charge on any atom is -0.408 e. The molecule has 3 aromatic rings. The summed E-state index contributed by atoms with van der Waals surface area (Å²) in [5.41, 5.74) is 1.14. The van der Waals surface area contributed by atoms with Crippen LogP contribution in [0.2, 0.25) is 0 Å². The molecule has 0 unspecified atom stereocenters. The van der Waals surface area contributed by atoms with Gasteiger partial charge >= 0.3 is 5.76 Å². The maximum atomic E-state index is 12.5. The highest BCUT2D eigenvalue weighted by atomic mass is 32.2. The van der Waals surface area contributed by atoms with Crippen LogP contribution in [0.5, 0.6) is 0 Å². The third-order valence-electron chi connectivity index (χ3n) is 3.70. The van der Waals surface area contributed by atoms with Gasteiger partial charge in [-0.1, -0.05) is 11.3 Å². The molecule has 130 valence electrons. The van der Waals surface area contributed by atoms with Crippen molar-refractivity contribution in [2.24, 2.45) is 0 Å². The number of aromatic amines is 1. The van der Waals surface area contributed by atoms with Crippen LogP contribution in [-0.2, 0) is 16.4 Å². The second-order valence-corrected chi connectivity index (χ2v) is 8.11. The third-order valence-corrected chi connectivity index (χ3v) is 6.18. The zero-order chi connectivity index (χ0) is 17.6. The molecule has 9 nitrogen and oxygen atoms in total. The SMILES string of the molecule is O=C1NCCCc2nc(NS(=O)(=O)c3ccc4oc(=O)[nH]c4c3)sc21. The minimum absolute atomic E-state index is 0.0492. The van der Waals surface area contributed by atoms with Gasteiger partial charge in [0, 0.05) is 6.54 Å². The van der Waals surface area contributed by atoms with Crippen molar-refractivity contribution in [2.45, 2.75) is 17.7 Å². The molecule has 0 aliphatic carbocycles. The first-order chi connectivity index (χ1) is 11.9. The molecule has 3 N–H and O–H groups in total. The fourth-order valence-corrected chi connectivity index (χ4v) is 4.74. The smallest absolute Gasteiger partial charge is 0.408 e. The number of nitrogens with zero attached hydrogens (tertiary/aromatic N) is 1. The number of benzene rings is 1. The van der Waals surface area contributed by atoms with Gasteiger partial charge in [0.1, 0.15) is 4.88 Å². The van der Waals surface area contributed by atoms with Gasteiger partial charge in [-0.2, -0.15) is 0 Å². The van der Waals surface area contributed by atoms with E-state index >= 15 is 0 Å². The van der Waals surface area contributed by atoms with E-state index in [-0.39, 0.29) is 27.0 Å². The number of carbonyl (C=O) groups is 1. The molecule has 4 rings (SSSR count). The molecule has 1 aliphatic rings. The number of nitrogens with one attached hydrogen (secondary N) is 3. The molecule has 0 spiro atoms. The van der Waals surface area contributed by atoms with Crippen molar-refractivity contribution in [3.05, 3.63) is 39.3 Å². The van der Waals surface area contributed by atoms with Crippen LogP contribution in [0.15, 0.2) is 32.3 Å². The molecule has 0 saturated heterocycles. The molecule has 0 atom stereocenters. The summed E-state index contributed by atoms with van der Waals surface area (Å²) < 4.78 is 32.3. The Morgan fingerprint density at radius 1 is 1.28 bits per heavy atom. The summed E-state index contributed by atoms with van der Waals surface area (Å²) in [6, 6.07) is 4.02. The van der Waals surface area contributed by atoms with E-state index in [0.29, 0.717) is 23.5 Å². The lowest BCUT2D eigenvalue weighted by molar-refractivity contribution is 0.0960. The Labute approximate surface area is 145 Å². The molecule has 2 aromatic heterocycles. The van der Waals surface area contributed by atoms with E-state index in [1.54, 1.807) is 0 Å². The quantitative estimate of drug-likeness (QED) is 0.622. The first-order valence-electron chi connectivity index (χ1n) is 7.36. The fourth-order valence-electron chi connectivity index (χ4n) is 2.55. The van der Waals surface area contributed by atoms with Crippen molar-refractivity contribution in [1.29, 1.82) is 0 Å². The van der Waals surface area contributed by atoms with Gasteiger partial charge in [0.15, 0.2) is 10.7 Å². The number of anilines is 1. The number of hydrogen-bond acceptors (Lipinski definition) is 7. The van der Waals surface area contributed by atoms with Crippen LogP contribution in [0, 0.1) is 0 Å². The van der Waals surface area contributed by atoms with Crippen LogP contribution in [0.1, 0.15) is 21.8 Å². The molecule has 3 heterocycles. The van der Waals surface area contributed by atoms with E-state index in [2.05, 4.69) is 20.0 Å². The molecule has 0 fully saturated rings. The van der Waals surface area contributed by atoms with E-state index in [1.807, 2.05) is 0 Å². The van der Waals surface area contributed by atoms with Crippen molar-refractivity contribution in [3.8, 4) is 0 Å².